The molecule has 2 heterocycles. The fourth-order valence-corrected chi connectivity index (χ4v) is 1.40. The number of imidazole rings is 1. The van der Waals surface area contributed by atoms with E-state index in [0.717, 1.165) is 13.0 Å². The van der Waals surface area contributed by atoms with Crippen LogP contribution in [0.2, 0.25) is 0 Å². The van der Waals surface area contributed by atoms with Crippen LogP contribution in [0.3, 0.4) is 0 Å². The lowest BCUT2D eigenvalue weighted by Gasteiger charge is -2.04. The molecule has 0 aliphatic carbocycles. The summed E-state index contributed by atoms with van der Waals surface area (Å²) in [5.41, 5.74) is -0.192. The van der Waals surface area contributed by atoms with Crippen molar-refractivity contribution in [1.82, 2.24) is 19.1 Å². The molecule has 15 heavy (non-hydrogen) atoms. The van der Waals surface area contributed by atoms with Gasteiger partial charge in [-0.2, -0.15) is 0 Å². The lowest BCUT2D eigenvalue weighted by Crippen LogP contribution is -2.21. The summed E-state index contributed by atoms with van der Waals surface area (Å²) in [5.74, 6) is 0. The van der Waals surface area contributed by atoms with Crippen molar-refractivity contribution < 1.29 is 0 Å². The van der Waals surface area contributed by atoms with E-state index in [1.165, 1.54) is 6.20 Å². The Morgan fingerprint density at radius 2 is 2.13 bits per heavy atom. The molecule has 0 aliphatic heterocycles. The standard InChI is InChI=1S/C10H12N4O/c15-10-12-3-1-6-14(10)7-2-5-13-8-4-11-9-13/h1,3-4,6,8-9H,2,5,7H2. The summed E-state index contributed by atoms with van der Waals surface area (Å²) in [4.78, 5) is 18.9. The normalized spacial score (nSPS) is 10.4. The highest BCUT2D eigenvalue weighted by atomic mass is 16.1. The minimum atomic E-state index is -0.192. The molecule has 2 rings (SSSR count). The maximum absolute atomic E-state index is 11.2. The highest BCUT2D eigenvalue weighted by molar-refractivity contribution is 4.81. The molecule has 0 radical (unpaired) electrons. The fourth-order valence-electron chi connectivity index (χ4n) is 1.40. The van der Waals surface area contributed by atoms with Gasteiger partial charge in [0.05, 0.1) is 6.33 Å². The second-order valence-corrected chi connectivity index (χ2v) is 3.25. The van der Waals surface area contributed by atoms with Gasteiger partial charge in [-0.25, -0.2) is 14.8 Å². The van der Waals surface area contributed by atoms with Crippen molar-refractivity contribution in [2.24, 2.45) is 0 Å². The zero-order chi connectivity index (χ0) is 10.5. The first-order valence-electron chi connectivity index (χ1n) is 4.83. The maximum Gasteiger partial charge on any atom is 0.347 e. The molecular formula is C10H12N4O. The molecule has 0 saturated carbocycles. The zero-order valence-electron chi connectivity index (χ0n) is 8.28. The van der Waals surface area contributed by atoms with Crippen LogP contribution in [-0.4, -0.2) is 19.1 Å². The average Bonchev–Trinajstić information content (AvgIpc) is 2.74. The van der Waals surface area contributed by atoms with Crippen LogP contribution in [0.15, 0.2) is 42.0 Å². The van der Waals surface area contributed by atoms with Crippen LogP contribution in [-0.2, 0) is 13.1 Å². The van der Waals surface area contributed by atoms with Gasteiger partial charge in [0.1, 0.15) is 0 Å². The van der Waals surface area contributed by atoms with E-state index in [1.807, 2.05) is 10.8 Å². The molecule has 5 heteroatoms. The SMILES string of the molecule is O=c1ncccn1CCCn1ccnc1. The lowest BCUT2D eigenvalue weighted by molar-refractivity contribution is 0.545. The molecule has 0 unspecified atom stereocenters. The summed E-state index contributed by atoms with van der Waals surface area (Å²) < 4.78 is 3.60. The molecule has 0 amide bonds. The summed E-state index contributed by atoms with van der Waals surface area (Å²) in [7, 11) is 0. The molecule has 2 aromatic rings. The largest absolute Gasteiger partial charge is 0.347 e. The summed E-state index contributed by atoms with van der Waals surface area (Å²) in [6.45, 7) is 1.55. The quantitative estimate of drug-likeness (QED) is 0.730. The summed E-state index contributed by atoms with van der Waals surface area (Å²) in [6.07, 6.45) is 9.58. The second kappa shape index (κ2) is 4.54. The number of nitrogens with zero attached hydrogens (tertiary/aromatic N) is 4. The molecule has 0 aromatic carbocycles. The fraction of sp³-hybridized carbons (Fsp3) is 0.300. The average molecular weight is 204 g/mol. The molecule has 78 valence electrons. The van der Waals surface area contributed by atoms with E-state index < -0.39 is 0 Å². The van der Waals surface area contributed by atoms with E-state index in [0.29, 0.717) is 6.54 Å². The smallest absolute Gasteiger partial charge is 0.337 e. The molecule has 0 atom stereocenters. The monoisotopic (exact) mass is 204 g/mol. The number of aryl methyl sites for hydroxylation is 2. The van der Waals surface area contributed by atoms with Crippen molar-refractivity contribution in [2.45, 2.75) is 19.5 Å². The number of hydrogen-bond donors (Lipinski definition) is 0. The van der Waals surface area contributed by atoms with Gasteiger partial charge in [-0.15, -0.1) is 0 Å². The summed E-state index contributed by atoms with van der Waals surface area (Å²) in [6, 6.07) is 1.76. The van der Waals surface area contributed by atoms with Crippen molar-refractivity contribution in [3.63, 3.8) is 0 Å². The summed E-state index contributed by atoms with van der Waals surface area (Å²) in [5, 5.41) is 0. The van der Waals surface area contributed by atoms with Gasteiger partial charge in [0, 0.05) is 37.9 Å². The van der Waals surface area contributed by atoms with Crippen LogP contribution >= 0.6 is 0 Å². The van der Waals surface area contributed by atoms with E-state index in [1.54, 1.807) is 29.4 Å². The van der Waals surface area contributed by atoms with Crippen molar-refractivity contribution >= 4 is 0 Å². The third-order valence-corrected chi connectivity index (χ3v) is 2.16. The number of hydrogen-bond acceptors (Lipinski definition) is 3. The van der Waals surface area contributed by atoms with E-state index in [9.17, 15) is 4.79 Å². The molecule has 0 saturated heterocycles. The van der Waals surface area contributed by atoms with Gasteiger partial charge in [0.15, 0.2) is 0 Å². The Bertz CT molecular complexity index is 460. The van der Waals surface area contributed by atoms with Gasteiger partial charge in [-0.05, 0) is 12.5 Å². The van der Waals surface area contributed by atoms with E-state index >= 15 is 0 Å². The van der Waals surface area contributed by atoms with Crippen molar-refractivity contribution in [1.29, 1.82) is 0 Å². The lowest BCUT2D eigenvalue weighted by atomic mass is 10.4. The van der Waals surface area contributed by atoms with Gasteiger partial charge in [0.25, 0.3) is 0 Å². The van der Waals surface area contributed by atoms with E-state index in [-0.39, 0.29) is 5.69 Å². The topological polar surface area (TPSA) is 52.7 Å². The Balaban J connectivity index is 1.89. The van der Waals surface area contributed by atoms with Crippen LogP contribution in [0.5, 0.6) is 0 Å². The van der Waals surface area contributed by atoms with Crippen molar-refractivity contribution in [2.75, 3.05) is 0 Å². The Morgan fingerprint density at radius 1 is 1.20 bits per heavy atom. The molecule has 0 aliphatic rings. The van der Waals surface area contributed by atoms with Crippen LogP contribution in [0.4, 0.5) is 0 Å². The molecule has 5 nitrogen and oxygen atoms in total. The van der Waals surface area contributed by atoms with Gasteiger partial charge in [-0.3, -0.25) is 4.57 Å². The van der Waals surface area contributed by atoms with Crippen LogP contribution in [0, 0.1) is 0 Å². The van der Waals surface area contributed by atoms with Crippen molar-refractivity contribution in [3.05, 3.63) is 47.7 Å². The molecular weight excluding hydrogens is 192 g/mol. The molecule has 2 aromatic heterocycles. The highest BCUT2D eigenvalue weighted by Crippen LogP contribution is 1.92. The highest BCUT2D eigenvalue weighted by Gasteiger charge is 1.95. The first kappa shape index (κ1) is 9.64. The maximum atomic E-state index is 11.2. The van der Waals surface area contributed by atoms with Crippen LogP contribution in [0.1, 0.15) is 6.42 Å². The molecule has 0 N–H and O–H groups in total. The zero-order valence-corrected chi connectivity index (χ0v) is 8.28. The predicted octanol–water partition coefficient (Wildman–Crippen LogP) is 0.530. The first-order valence-corrected chi connectivity index (χ1v) is 4.83. The number of aromatic nitrogens is 4. The van der Waals surface area contributed by atoms with E-state index in [2.05, 4.69) is 9.97 Å². The van der Waals surface area contributed by atoms with Gasteiger partial charge < -0.3 is 4.57 Å². The number of rotatable bonds is 4. The predicted molar refractivity (Wildman–Crippen MR) is 55.3 cm³/mol. The second-order valence-electron chi connectivity index (χ2n) is 3.25. The minimum absolute atomic E-state index is 0.192. The molecule has 0 fully saturated rings. The molecule has 0 bridgehead atoms. The van der Waals surface area contributed by atoms with Gasteiger partial charge in [0.2, 0.25) is 0 Å². The third-order valence-electron chi connectivity index (χ3n) is 2.16. The Labute approximate surface area is 87.0 Å². The first-order chi connectivity index (χ1) is 7.36. The summed E-state index contributed by atoms with van der Waals surface area (Å²) >= 11 is 0. The van der Waals surface area contributed by atoms with Crippen LogP contribution < -0.4 is 5.69 Å². The van der Waals surface area contributed by atoms with Crippen LogP contribution in [0.25, 0.3) is 0 Å². The van der Waals surface area contributed by atoms with Gasteiger partial charge in [-0.1, -0.05) is 0 Å². The minimum Gasteiger partial charge on any atom is -0.337 e. The van der Waals surface area contributed by atoms with Gasteiger partial charge >= 0.3 is 5.69 Å². The Kier molecular flexibility index (Phi) is 2.92. The Morgan fingerprint density at radius 3 is 2.87 bits per heavy atom. The third kappa shape index (κ3) is 2.52. The van der Waals surface area contributed by atoms with Crippen molar-refractivity contribution in [3.8, 4) is 0 Å². The molecule has 0 spiro atoms. The van der Waals surface area contributed by atoms with E-state index in [4.69, 9.17) is 0 Å². The Hall–Kier alpha value is -1.91.